The summed E-state index contributed by atoms with van der Waals surface area (Å²) < 4.78 is 32.0. The number of nitrogens with zero attached hydrogens (tertiary/aromatic N) is 4. The van der Waals surface area contributed by atoms with E-state index in [0.29, 0.717) is 11.4 Å². The van der Waals surface area contributed by atoms with E-state index < -0.39 is 10.0 Å². The second-order valence-corrected chi connectivity index (χ2v) is 6.64. The van der Waals surface area contributed by atoms with E-state index in [1.165, 1.54) is 11.0 Å². The molecule has 9 heteroatoms. The molecule has 120 valence electrons. The first-order valence-electron chi connectivity index (χ1n) is 6.86. The van der Waals surface area contributed by atoms with Gasteiger partial charge in [-0.1, -0.05) is 23.4 Å². The van der Waals surface area contributed by atoms with Gasteiger partial charge in [-0.15, -0.1) is 0 Å². The number of nitrogens with one attached hydrogen (secondary N) is 1. The number of rotatable bonds is 5. The van der Waals surface area contributed by atoms with Gasteiger partial charge in [0.2, 0.25) is 10.0 Å². The van der Waals surface area contributed by atoms with Crippen LogP contribution >= 0.6 is 0 Å². The average molecular weight is 333 g/mol. The molecule has 0 saturated heterocycles. The third kappa shape index (κ3) is 3.15. The maximum atomic E-state index is 12.3. The minimum atomic E-state index is -3.72. The van der Waals surface area contributed by atoms with Gasteiger partial charge in [0.25, 0.3) is 0 Å². The molecule has 0 aliphatic heterocycles. The minimum absolute atomic E-state index is 0.0270. The fourth-order valence-corrected chi connectivity index (χ4v) is 3.48. The molecule has 0 saturated carbocycles. The van der Waals surface area contributed by atoms with Crippen molar-refractivity contribution in [2.24, 2.45) is 0 Å². The van der Waals surface area contributed by atoms with Crippen LogP contribution in [0, 0.1) is 13.8 Å². The Morgan fingerprint density at radius 2 is 1.96 bits per heavy atom. The van der Waals surface area contributed by atoms with Gasteiger partial charge in [0.15, 0.2) is 5.76 Å². The molecule has 1 N–H and O–H groups in total. The SMILES string of the molecule is Cc1noc(C)c1S(=O)(=O)NCc1cnn(-c2ccccc2)n1. The molecular weight excluding hydrogens is 318 g/mol. The Labute approximate surface area is 133 Å². The summed E-state index contributed by atoms with van der Waals surface area (Å²) in [6.45, 7) is 3.16. The van der Waals surface area contributed by atoms with E-state index in [2.05, 4.69) is 20.1 Å². The van der Waals surface area contributed by atoms with Crippen LogP contribution in [0.25, 0.3) is 5.69 Å². The van der Waals surface area contributed by atoms with Crippen molar-refractivity contribution in [2.75, 3.05) is 0 Å². The van der Waals surface area contributed by atoms with Gasteiger partial charge >= 0.3 is 0 Å². The quantitative estimate of drug-likeness (QED) is 0.756. The van der Waals surface area contributed by atoms with Gasteiger partial charge in [0, 0.05) is 0 Å². The van der Waals surface area contributed by atoms with Crippen LogP contribution in [0.5, 0.6) is 0 Å². The van der Waals surface area contributed by atoms with Crippen molar-refractivity contribution in [1.82, 2.24) is 24.9 Å². The summed E-state index contributed by atoms with van der Waals surface area (Å²) in [6, 6.07) is 9.36. The minimum Gasteiger partial charge on any atom is -0.360 e. The van der Waals surface area contributed by atoms with Crippen LogP contribution in [0.1, 0.15) is 17.1 Å². The molecule has 2 heterocycles. The van der Waals surface area contributed by atoms with E-state index in [4.69, 9.17) is 4.52 Å². The highest BCUT2D eigenvalue weighted by molar-refractivity contribution is 7.89. The lowest BCUT2D eigenvalue weighted by Crippen LogP contribution is -2.24. The van der Waals surface area contributed by atoms with Crippen molar-refractivity contribution in [3.63, 3.8) is 0 Å². The van der Waals surface area contributed by atoms with Crippen molar-refractivity contribution in [3.05, 3.63) is 53.7 Å². The molecule has 2 aromatic heterocycles. The Morgan fingerprint density at radius 1 is 1.22 bits per heavy atom. The Kier molecular flexibility index (Phi) is 3.97. The molecule has 1 aromatic carbocycles. The summed E-state index contributed by atoms with van der Waals surface area (Å²) in [5.41, 5.74) is 1.62. The van der Waals surface area contributed by atoms with Gasteiger partial charge in [-0.3, -0.25) is 0 Å². The van der Waals surface area contributed by atoms with Crippen LogP contribution in [0.4, 0.5) is 0 Å². The van der Waals surface area contributed by atoms with Gasteiger partial charge < -0.3 is 4.52 Å². The Balaban J connectivity index is 1.75. The number of aromatic nitrogens is 4. The van der Waals surface area contributed by atoms with Crippen LogP contribution in [-0.2, 0) is 16.6 Å². The number of hydrogen-bond donors (Lipinski definition) is 1. The molecular formula is C14H15N5O3S. The van der Waals surface area contributed by atoms with Gasteiger partial charge in [0.1, 0.15) is 10.6 Å². The van der Waals surface area contributed by atoms with Crippen molar-refractivity contribution in [3.8, 4) is 5.69 Å². The van der Waals surface area contributed by atoms with E-state index in [1.807, 2.05) is 30.3 Å². The van der Waals surface area contributed by atoms with Crippen molar-refractivity contribution in [2.45, 2.75) is 25.3 Å². The van der Waals surface area contributed by atoms with E-state index in [9.17, 15) is 8.42 Å². The second-order valence-electron chi connectivity index (χ2n) is 4.94. The normalized spacial score (nSPS) is 11.7. The first-order valence-corrected chi connectivity index (χ1v) is 8.35. The summed E-state index contributed by atoms with van der Waals surface area (Å²) in [5, 5.41) is 12.0. The highest BCUT2D eigenvalue weighted by atomic mass is 32.2. The molecule has 23 heavy (non-hydrogen) atoms. The van der Waals surface area contributed by atoms with Crippen LogP contribution in [0.15, 0.2) is 45.9 Å². The molecule has 0 atom stereocenters. The van der Waals surface area contributed by atoms with E-state index in [-0.39, 0.29) is 17.2 Å². The highest BCUT2D eigenvalue weighted by Gasteiger charge is 2.24. The second kappa shape index (κ2) is 5.94. The summed E-state index contributed by atoms with van der Waals surface area (Å²) >= 11 is 0. The average Bonchev–Trinajstić information content (AvgIpc) is 3.13. The molecule has 0 unspecified atom stereocenters. The molecule has 0 aliphatic rings. The van der Waals surface area contributed by atoms with Crippen molar-refractivity contribution < 1.29 is 12.9 Å². The smallest absolute Gasteiger partial charge is 0.246 e. The van der Waals surface area contributed by atoms with E-state index >= 15 is 0 Å². The zero-order valence-corrected chi connectivity index (χ0v) is 13.4. The molecule has 0 bridgehead atoms. The summed E-state index contributed by atoms with van der Waals surface area (Å²) in [6.07, 6.45) is 1.52. The van der Waals surface area contributed by atoms with Crippen LogP contribution in [0.3, 0.4) is 0 Å². The third-order valence-corrected chi connectivity index (χ3v) is 4.85. The van der Waals surface area contributed by atoms with Gasteiger partial charge in [-0.2, -0.15) is 15.0 Å². The molecule has 8 nitrogen and oxygen atoms in total. The third-order valence-electron chi connectivity index (χ3n) is 3.21. The van der Waals surface area contributed by atoms with E-state index in [0.717, 1.165) is 5.69 Å². The monoisotopic (exact) mass is 333 g/mol. The Bertz CT molecular complexity index is 896. The predicted molar refractivity (Wildman–Crippen MR) is 81.4 cm³/mol. The topological polar surface area (TPSA) is 103 Å². The lowest BCUT2D eigenvalue weighted by molar-refractivity contribution is 0.390. The first-order chi connectivity index (χ1) is 11.0. The maximum absolute atomic E-state index is 12.3. The molecule has 0 fully saturated rings. The molecule has 0 spiro atoms. The zero-order valence-electron chi connectivity index (χ0n) is 12.6. The fourth-order valence-electron chi connectivity index (χ4n) is 2.16. The number of hydrogen-bond acceptors (Lipinski definition) is 6. The lowest BCUT2D eigenvalue weighted by atomic mass is 10.3. The van der Waals surface area contributed by atoms with Crippen LogP contribution in [-0.4, -0.2) is 28.6 Å². The molecule has 3 rings (SSSR count). The molecule has 0 aliphatic carbocycles. The molecule has 0 amide bonds. The highest BCUT2D eigenvalue weighted by Crippen LogP contribution is 2.18. The number of para-hydroxylation sites is 1. The van der Waals surface area contributed by atoms with E-state index in [1.54, 1.807) is 13.8 Å². The van der Waals surface area contributed by atoms with Crippen LogP contribution in [0.2, 0.25) is 0 Å². The van der Waals surface area contributed by atoms with Crippen LogP contribution < -0.4 is 4.72 Å². The lowest BCUT2D eigenvalue weighted by Gasteiger charge is -2.04. The maximum Gasteiger partial charge on any atom is 0.246 e. The van der Waals surface area contributed by atoms with Gasteiger partial charge in [-0.05, 0) is 26.0 Å². The van der Waals surface area contributed by atoms with Crippen molar-refractivity contribution in [1.29, 1.82) is 0 Å². The van der Waals surface area contributed by atoms with Gasteiger partial charge in [0.05, 0.1) is 24.1 Å². The summed E-state index contributed by atoms with van der Waals surface area (Å²) in [7, 11) is -3.72. The zero-order chi connectivity index (χ0) is 16.4. The standard InChI is InChI=1S/C14H15N5O3S/c1-10-14(11(2)22-18-10)23(20,21)16-9-12-8-15-19(17-12)13-6-4-3-5-7-13/h3-8,16H,9H2,1-2H3. The number of aryl methyl sites for hydroxylation is 2. The predicted octanol–water partition coefficient (Wildman–Crippen LogP) is 1.35. The summed E-state index contributed by atoms with van der Waals surface area (Å²) in [5.74, 6) is 0.253. The Hall–Kier alpha value is -2.52. The fraction of sp³-hybridized carbons (Fsp3) is 0.214. The summed E-state index contributed by atoms with van der Waals surface area (Å²) in [4.78, 5) is 1.51. The number of sulfonamides is 1. The van der Waals surface area contributed by atoms with Gasteiger partial charge in [-0.25, -0.2) is 13.1 Å². The molecule has 0 radical (unpaired) electrons. The largest absolute Gasteiger partial charge is 0.360 e. The Morgan fingerprint density at radius 3 is 2.61 bits per heavy atom. The first kappa shape index (κ1) is 15.4. The molecule has 3 aromatic rings. The number of benzene rings is 1. The van der Waals surface area contributed by atoms with Crippen molar-refractivity contribution >= 4 is 10.0 Å².